The maximum atomic E-state index is 12.3. The zero-order valence-electron chi connectivity index (χ0n) is 10.3. The molecule has 3 rings (SSSR count). The number of rotatable bonds is 1. The van der Waals surface area contributed by atoms with Crippen LogP contribution in [0.25, 0.3) is 10.4 Å². The summed E-state index contributed by atoms with van der Waals surface area (Å²) in [7, 11) is 0. The van der Waals surface area contributed by atoms with E-state index in [1.807, 2.05) is 40.4 Å². The molecule has 0 atom stereocenters. The molecule has 2 aromatic heterocycles. The van der Waals surface area contributed by atoms with E-state index in [1.165, 1.54) is 23.5 Å². The highest BCUT2D eigenvalue weighted by atomic mass is 32.1. The summed E-state index contributed by atoms with van der Waals surface area (Å²) in [4.78, 5) is 0.976. The molecular weight excluding hydrogens is 301 g/mol. The zero-order valence-corrected chi connectivity index (χ0v) is 11.9. The first-order valence-electron chi connectivity index (χ1n) is 5.75. The number of hydrogen-bond donors (Lipinski definition) is 0. The van der Waals surface area contributed by atoms with Crippen LogP contribution in [0, 0.1) is 0 Å². The van der Waals surface area contributed by atoms with E-state index >= 15 is 0 Å². The van der Waals surface area contributed by atoms with Gasteiger partial charge in [-0.05, 0) is 39.9 Å². The molecule has 0 saturated carbocycles. The van der Waals surface area contributed by atoms with Crippen LogP contribution in [0.2, 0.25) is 0 Å². The second-order valence-corrected chi connectivity index (χ2v) is 5.61. The minimum atomic E-state index is -4.26. The fraction of sp³-hybridized carbons (Fsp3) is 0.0667. The Morgan fingerprint density at radius 2 is 1.40 bits per heavy atom. The van der Waals surface area contributed by atoms with Crippen LogP contribution in [0.4, 0.5) is 13.2 Å². The SMILES string of the molecule is FC(F)(F)c1ccc(-c2cccs2)cc1.c1ccsc1. The normalized spacial score (nSPS) is 10.8. The van der Waals surface area contributed by atoms with Crippen molar-refractivity contribution in [3.63, 3.8) is 0 Å². The summed E-state index contributed by atoms with van der Waals surface area (Å²) in [6, 6.07) is 13.0. The van der Waals surface area contributed by atoms with E-state index in [-0.39, 0.29) is 0 Å². The van der Waals surface area contributed by atoms with Gasteiger partial charge in [-0.2, -0.15) is 24.5 Å². The van der Waals surface area contributed by atoms with Gasteiger partial charge < -0.3 is 0 Å². The van der Waals surface area contributed by atoms with E-state index in [0.29, 0.717) is 0 Å². The molecule has 104 valence electrons. The van der Waals surface area contributed by atoms with Gasteiger partial charge in [-0.25, -0.2) is 0 Å². The van der Waals surface area contributed by atoms with Crippen molar-refractivity contribution in [2.45, 2.75) is 6.18 Å². The monoisotopic (exact) mass is 312 g/mol. The summed E-state index contributed by atoms with van der Waals surface area (Å²) in [5.41, 5.74) is 0.209. The predicted molar refractivity (Wildman–Crippen MR) is 79.1 cm³/mol. The molecule has 0 saturated heterocycles. The quantitative estimate of drug-likeness (QED) is 0.503. The molecule has 0 unspecified atom stereocenters. The molecule has 0 spiro atoms. The molecule has 0 radical (unpaired) electrons. The highest BCUT2D eigenvalue weighted by Gasteiger charge is 2.29. The van der Waals surface area contributed by atoms with Gasteiger partial charge in [0.05, 0.1) is 5.56 Å². The van der Waals surface area contributed by atoms with Crippen LogP contribution < -0.4 is 0 Å². The van der Waals surface area contributed by atoms with Crippen LogP contribution in [0.15, 0.2) is 64.7 Å². The summed E-state index contributed by atoms with van der Waals surface area (Å²) in [6.07, 6.45) is -4.26. The summed E-state index contributed by atoms with van der Waals surface area (Å²) < 4.78 is 36.8. The van der Waals surface area contributed by atoms with Gasteiger partial charge in [-0.1, -0.05) is 30.3 Å². The Morgan fingerprint density at radius 3 is 1.80 bits per heavy atom. The Bertz CT molecular complexity index is 576. The third-order valence-corrected chi connectivity index (χ3v) is 3.99. The Morgan fingerprint density at radius 1 is 0.750 bits per heavy atom. The first-order chi connectivity index (χ1) is 9.57. The Kier molecular flexibility index (Phi) is 4.98. The van der Waals surface area contributed by atoms with Crippen molar-refractivity contribution in [3.8, 4) is 10.4 Å². The number of thiophene rings is 2. The fourth-order valence-electron chi connectivity index (χ4n) is 1.49. The van der Waals surface area contributed by atoms with Gasteiger partial charge >= 0.3 is 6.18 Å². The highest BCUT2D eigenvalue weighted by molar-refractivity contribution is 7.13. The van der Waals surface area contributed by atoms with E-state index in [2.05, 4.69) is 0 Å². The van der Waals surface area contributed by atoms with Crippen molar-refractivity contribution in [1.29, 1.82) is 0 Å². The number of alkyl halides is 3. The van der Waals surface area contributed by atoms with Crippen LogP contribution in [0.1, 0.15) is 5.56 Å². The van der Waals surface area contributed by atoms with E-state index in [9.17, 15) is 13.2 Å². The average Bonchev–Trinajstić information content (AvgIpc) is 3.14. The molecule has 0 aliphatic rings. The van der Waals surface area contributed by atoms with Gasteiger partial charge in [0.2, 0.25) is 0 Å². The van der Waals surface area contributed by atoms with Crippen molar-refractivity contribution in [2.24, 2.45) is 0 Å². The Hall–Kier alpha value is -1.59. The molecule has 0 bridgehead atoms. The second kappa shape index (κ2) is 6.72. The van der Waals surface area contributed by atoms with Crippen molar-refractivity contribution in [3.05, 3.63) is 70.2 Å². The van der Waals surface area contributed by atoms with Crippen molar-refractivity contribution in [2.75, 3.05) is 0 Å². The lowest BCUT2D eigenvalue weighted by molar-refractivity contribution is -0.137. The topological polar surface area (TPSA) is 0 Å². The summed E-state index contributed by atoms with van der Waals surface area (Å²) in [5, 5.41) is 5.98. The molecule has 0 aliphatic heterocycles. The molecule has 0 nitrogen and oxygen atoms in total. The number of halogens is 3. The largest absolute Gasteiger partial charge is 0.416 e. The molecule has 0 amide bonds. The lowest BCUT2D eigenvalue weighted by Crippen LogP contribution is -2.03. The van der Waals surface area contributed by atoms with Gasteiger partial charge in [0, 0.05) is 4.88 Å². The molecular formula is C15H11F3S2. The molecule has 0 aliphatic carbocycles. The summed E-state index contributed by atoms with van der Waals surface area (Å²) >= 11 is 3.22. The molecule has 0 fully saturated rings. The fourth-order valence-corrected chi connectivity index (χ4v) is 2.68. The van der Waals surface area contributed by atoms with Gasteiger partial charge in [-0.15, -0.1) is 11.3 Å². The van der Waals surface area contributed by atoms with Gasteiger partial charge in [0.25, 0.3) is 0 Å². The smallest absolute Gasteiger partial charge is 0.166 e. The molecule has 0 N–H and O–H groups in total. The molecule has 5 heteroatoms. The van der Waals surface area contributed by atoms with E-state index < -0.39 is 11.7 Å². The van der Waals surface area contributed by atoms with Gasteiger partial charge in [0.15, 0.2) is 0 Å². The van der Waals surface area contributed by atoms with Gasteiger partial charge in [0.1, 0.15) is 0 Å². The number of hydrogen-bond acceptors (Lipinski definition) is 2. The molecule has 3 aromatic rings. The van der Waals surface area contributed by atoms with Crippen LogP contribution in [0.3, 0.4) is 0 Å². The highest BCUT2D eigenvalue weighted by Crippen LogP contribution is 2.31. The average molecular weight is 312 g/mol. The van der Waals surface area contributed by atoms with Crippen LogP contribution in [0.5, 0.6) is 0 Å². The maximum Gasteiger partial charge on any atom is 0.416 e. The van der Waals surface area contributed by atoms with E-state index in [0.717, 1.165) is 22.6 Å². The molecule has 1 aromatic carbocycles. The Labute approximate surface area is 123 Å². The van der Waals surface area contributed by atoms with E-state index in [4.69, 9.17) is 0 Å². The van der Waals surface area contributed by atoms with Crippen LogP contribution >= 0.6 is 22.7 Å². The number of benzene rings is 1. The first-order valence-corrected chi connectivity index (χ1v) is 7.58. The summed E-state index contributed by atoms with van der Waals surface area (Å²) in [6.45, 7) is 0. The van der Waals surface area contributed by atoms with Crippen molar-refractivity contribution >= 4 is 22.7 Å². The molecule has 2 heterocycles. The Balaban J connectivity index is 0.000000247. The maximum absolute atomic E-state index is 12.3. The zero-order chi connectivity index (χ0) is 14.4. The van der Waals surface area contributed by atoms with E-state index in [1.54, 1.807) is 11.3 Å². The van der Waals surface area contributed by atoms with Crippen molar-refractivity contribution < 1.29 is 13.2 Å². The first kappa shape index (κ1) is 14.8. The lowest BCUT2D eigenvalue weighted by atomic mass is 10.1. The van der Waals surface area contributed by atoms with Crippen molar-refractivity contribution in [1.82, 2.24) is 0 Å². The van der Waals surface area contributed by atoms with Crippen LogP contribution in [-0.2, 0) is 6.18 Å². The molecule has 20 heavy (non-hydrogen) atoms. The summed E-state index contributed by atoms with van der Waals surface area (Å²) in [5.74, 6) is 0. The van der Waals surface area contributed by atoms with Crippen LogP contribution in [-0.4, -0.2) is 0 Å². The third kappa shape index (κ3) is 4.21. The minimum Gasteiger partial charge on any atom is -0.166 e. The van der Waals surface area contributed by atoms with Gasteiger partial charge in [-0.3, -0.25) is 0 Å². The lowest BCUT2D eigenvalue weighted by Gasteiger charge is -2.06. The third-order valence-electron chi connectivity index (χ3n) is 2.44. The predicted octanol–water partition coefficient (Wildman–Crippen LogP) is 6.18. The second-order valence-electron chi connectivity index (χ2n) is 3.85. The minimum absolute atomic E-state index is 0.609. The standard InChI is InChI=1S/C11H7F3S.C4H4S/c12-11(13,14)9-5-3-8(4-6-9)10-2-1-7-15-10;1-2-4-5-3-1/h1-7H;1-4H.